The van der Waals surface area contributed by atoms with Crippen LogP contribution in [0, 0.1) is 5.92 Å². The first-order valence-corrected chi connectivity index (χ1v) is 11.7. The van der Waals surface area contributed by atoms with E-state index in [2.05, 4.69) is 34.3 Å². The van der Waals surface area contributed by atoms with Crippen molar-refractivity contribution in [1.29, 1.82) is 0 Å². The molecule has 30 heavy (non-hydrogen) atoms. The van der Waals surface area contributed by atoms with Crippen molar-refractivity contribution in [3.8, 4) is 22.2 Å². The molecule has 1 atom stereocenters. The zero-order valence-corrected chi connectivity index (χ0v) is 18.5. The molecule has 9 heteroatoms. The standard InChI is InChI=1S/C21H24N4O3S2/c1-13(2)19(14-6-7-15-16(11-14)28-9-4-8-27-15)22-18(26)12-30-21-23-20(24-25-21)17-5-3-10-29-17/h3,5-7,10-11,13,19H,4,8-9,12H2,1-2H3,(H,22,26)(H,23,24,25)/t19-/m0/s1. The van der Waals surface area contributed by atoms with Crippen LogP contribution in [0.2, 0.25) is 0 Å². The van der Waals surface area contributed by atoms with Crippen LogP contribution in [0.5, 0.6) is 11.5 Å². The summed E-state index contributed by atoms with van der Waals surface area (Å²) in [6.45, 7) is 5.46. The molecule has 3 heterocycles. The van der Waals surface area contributed by atoms with Crippen LogP contribution in [0.1, 0.15) is 31.9 Å². The normalized spacial score (nSPS) is 14.4. The summed E-state index contributed by atoms with van der Waals surface area (Å²) in [6.07, 6.45) is 0.862. The summed E-state index contributed by atoms with van der Waals surface area (Å²) in [7, 11) is 0. The lowest BCUT2D eigenvalue weighted by Gasteiger charge is -2.23. The van der Waals surface area contributed by atoms with Gasteiger partial charge in [0.05, 0.1) is 29.9 Å². The van der Waals surface area contributed by atoms with Crippen LogP contribution in [0.15, 0.2) is 40.9 Å². The monoisotopic (exact) mass is 444 g/mol. The van der Waals surface area contributed by atoms with Gasteiger partial charge in [0.25, 0.3) is 0 Å². The Morgan fingerprint density at radius 3 is 2.87 bits per heavy atom. The molecule has 0 bridgehead atoms. The molecule has 1 aromatic carbocycles. The maximum atomic E-state index is 12.6. The molecule has 0 aliphatic carbocycles. The van der Waals surface area contributed by atoms with Gasteiger partial charge in [0.15, 0.2) is 17.3 Å². The number of aromatic amines is 1. The van der Waals surface area contributed by atoms with Gasteiger partial charge in [-0.15, -0.1) is 16.4 Å². The number of nitrogens with zero attached hydrogens (tertiary/aromatic N) is 2. The molecule has 2 aromatic heterocycles. The van der Waals surface area contributed by atoms with E-state index in [1.54, 1.807) is 11.3 Å². The number of nitrogens with one attached hydrogen (secondary N) is 2. The number of thiophene rings is 1. The quantitative estimate of drug-likeness (QED) is 0.528. The minimum absolute atomic E-state index is 0.0618. The predicted octanol–water partition coefficient (Wildman–Crippen LogP) is 4.30. The van der Waals surface area contributed by atoms with Crippen LogP contribution in [0.3, 0.4) is 0 Å². The van der Waals surface area contributed by atoms with E-state index < -0.39 is 0 Å². The summed E-state index contributed by atoms with van der Waals surface area (Å²) >= 11 is 2.91. The summed E-state index contributed by atoms with van der Waals surface area (Å²) in [4.78, 5) is 18.1. The molecule has 3 aromatic rings. The largest absolute Gasteiger partial charge is 0.490 e. The number of rotatable bonds is 7. The van der Waals surface area contributed by atoms with E-state index in [9.17, 15) is 4.79 Å². The van der Waals surface area contributed by atoms with E-state index in [0.29, 0.717) is 18.4 Å². The zero-order chi connectivity index (χ0) is 20.9. The highest BCUT2D eigenvalue weighted by Gasteiger charge is 2.21. The molecule has 0 unspecified atom stereocenters. The lowest BCUT2D eigenvalue weighted by molar-refractivity contribution is -0.119. The highest BCUT2D eigenvalue weighted by atomic mass is 32.2. The fourth-order valence-corrected chi connectivity index (χ4v) is 4.46. The topological polar surface area (TPSA) is 89.1 Å². The van der Waals surface area contributed by atoms with E-state index in [0.717, 1.165) is 34.2 Å². The van der Waals surface area contributed by atoms with Gasteiger partial charge < -0.3 is 14.8 Å². The SMILES string of the molecule is CC(C)[C@H](NC(=O)CSc1n[nH]c(-c2cccs2)n1)c1ccc2c(c1)OCCCO2. The summed E-state index contributed by atoms with van der Waals surface area (Å²) < 4.78 is 11.5. The van der Waals surface area contributed by atoms with Gasteiger partial charge in [0.2, 0.25) is 11.1 Å². The molecule has 158 valence electrons. The number of amides is 1. The third kappa shape index (κ3) is 4.96. The second-order valence-electron chi connectivity index (χ2n) is 7.28. The lowest BCUT2D eigenvalue weighted by Crippen LogP contribution is -2.33. The van der Waals surface area contributed by atoms with Crippen molar-refractivity contribution in [3.63, 3.8) is 0 Å². The zero-order valence-electron chi connectivity index (χ0n) is 16.9. The van der Waals surface area contributed by atoms with Gasteiger partial charge in [-0.1, -0.05) is 37.7 Å². The molecule has 0 radical (unpaired) electrons. The van der Waals surface area contributed by atoms with Gasteiger partial charge in [0.1, 0.15) is 0 Å². The Hall–Kier alpha value is -2.52. The van der Waals surface area contributed by atoms with Gasteiger partial charge in [-0.05, 0) is 35.1 Å². The minimum Gasteiger partial charge on any atom is -0.490 e. The first kappa shape index (κ1) is 20.7. The van der Waals surface area contributed by atoms with Gasteiger partial charge in [0, 0.05) is 6.42 Å². The third-order valence-corrected chi connectivity index (χ3v) is 6.39. The highest BCUT2D eigenvalue weighted by molar-refractivity contribution is 7.99. The number of fused-ring (bicyclic) bond motifs is 1. The van der Waals surface area contributed by atoms with Gasteiger partial charge in [-0.25, -0.2) is 4.98 Å². The van der Waals surface area contributed by atoms with Crippen LogP contribution < -0.4 is 14.8 Å². The number of benzene rings is 1. The van der Waals surface area contributed by atoms with Crippen LogP contribution in [0.25, 0.3) is 10.7 Å². The fourth-order valence-electron chi connectivity index (χ4n) is 3.19. The van der Waals surface area contributed by atoms with Crippen LogP contribution in [-0.4, -0.2) is 40.1 Å². The van der Waals surface area contributed by atoms with E-state index in [1.165, 1.54) is 11.8 Å². The molecule has 0 saturated carbocycles. The molecule has 1 aliphatic rings. The second kappa shape index (κ2) is 9.53. The minimum atomic E-state index is -0.121. The van der Waals surface area contributed by atoms with E-state index >= 15 is 0 Å². The van der Waals surface area contributed by atoms with Crippen molar-refractivity contribution >= 4 is 29.0 Å². The van der Waals surface area contributed by atoms with Crippen molar-refractivity contribution in [2.75, 3.05) is 19.0 Å². The third-order valence-electron chi connectivity index (χ3n) is 4.67. The van der Waals surface area contributed by atoms with E-state index in [-0.39, 0.29) is 23.6 Å². The van der Waals surface area contributed by atoms with Crippen molar-refractivity contribution in [2.45, 2.75) is 31.5 Å². The van der Waals surface area contributed by atoms with E-state index in [4.69, 9.17) is 9.47 Å². The number of thioether (sulfide) groups is 1. The number of H-pyrrole nitrogens is 1. The lowest BCUT2D eigenvalue weighted by atomic mass is 9.95. The number of hydrogen-bond acceptors (Lipinski definition) is 7. The molecule has 2 N–H and O–H groups in total. The summed E-state index contributed by atoms with van der Waals surface area (Å²) in [5, 5.41) is 12.8. The highest BCUT2D eigenvalue weighted by Crippen LogP contribution is 2.34. The molecule has 0 saturated heterocycles. The Balaban J connectivity index is 1.38. The molecule has 0 spiro atoms. The average molecular weight is 445 g/mol. The molecular weight excluding hydrogens is 420 g/mol. The van der Waals surface area contributed by atoms with Gasteiger partial charge in [-0.3, -0.25) is 9.89 Å². The molecule has 1 aliphatic heterocycles. The Morgan fingerprint density at radius 2 is 2.10 bits per heavy atom. The van der Waals surface area contributed by atoms with Crippen molar-refractivity contribution in [2.24, 2.45) is 5.92 Å². The Kier molecular flexibility index (Phi) is 6.59. The number of carbonyl (C=O) groups is 1. The Morgan fingerprint density at radius 1 is 1.27 bits per heavy atom. The van der Waals surface area contributed by atoms with Crippen LogP contribution in [-0.2, 0) is 4.79 Å². The molecular formula is C21H24N4O3S2. The number of aromatic nitrogens is 3. The fraction of sp³-hybridized carbons (Fsp3) is 0.381. The summed E-state index contributed by atoms with van der Waals surface area (Å²) in [6, 6.07) is 9.72. The average Bonchev–Trinajstić information content (AvgIpc) is 3.38. The van der Waals surface area contributed by atoms with E-state index in [1.807, 2.05) is 35.7 Å². The Bertz CT molecular complexity index is 988. The maximum absolute atomic E-state index is 12.6. The van der Waals surface area contributed by atoms with Crippen LogP contribution in [0.4, 0.5) is 0 Å². The number of ether oxygens (including phenoxy) is 2. The summed E-state index contributed by atoms with van der Waals surface area (Å²) in [5.41, 5.74) is 1.01. The van der Waals surface area contributed by atoms with Crippen molar-refractivity contribution in [1.82, 2.24) is 20.5 Å². The van der Waals surface area contributed by atoms with Crippen LogP contribution >= 0.6 is 23.1 Å². The first-order valence-electron chi connectivity index (χ1n) is 9.88. The van der Waals surface area contributed by atoms with Gasteiger partial charge in [-0.2, -0.15) is 0 Å². The Labute approximate surface area is 183 Å². The maximum Gasteiger partial charge on any atom is 0.230 e. The van der Waals surface area contributed by atoms with Crippen molar-refractivity contribution in [3.05, 3.63) is 41.3 Å². The molecule has 1 amide bonds. The molecule has 4 rings (SSSR count). The smallest absolute Gasteiger partial charge is 0.230 e. The van der Waals surface area contributed by atoms with Crippen molar-refractivity contribution < 1.29 is 14.3 Å². The number of hydrogen-bond donors (Lipinski definition) is 2. The molecule has 0 fully saturated rings. The summed E-state index contributed by atoms with van der Waals surface area (Å²) in [5.74, 6) is 2.62. The molecule has 7 nitrogen and oxygen atoms in total. The van der Waals surface area contributed by atoms with Gasteiger partial charge >= 0.3 is 0 Å². The second-order valence-corrected chi connectivity index (χ2v) is 9.17. The predicted molar refractivity (Wildman–Crippen MR) is 118 cm³/mol. The first-order chi connectivity index (χ1) is 14.6. The number of carbonyl (C=O) groups excluding carboxylic acids is 1.